The Kier molecular flexibility index (Phi) is 6.27. The first-order chi connectivity index (χ1) is 10.7. The molecule has 0 spiro atoms. The number of benzene rings is 1. The van der Waals surface area contributed by atoms with Crippen molar-refractivity contribution < 1.29 is 14.3 Å². The summed E-state index contributed by atoms with van der Waals surface area (Å²) >= 11 is 0. The Hall–Kier alpha value is -1.30. The lowest BCUT2D eigenvalue weighted by Gasteiger charge is -2.34. The van der Waals surface area contributed by atoms with Crippen LogP contribution in [-0.4, -0.2) is 43.2 Å². The summed E-state index contributed by atoms with van der Waals surface area (Å²) in [5, 5.41) is 0. The average Bonchev–Trinajstić information content (AvgIpc) is 2.77. The molecule has 0 aromatic heterocycles. The molecule has 0 radical (unpaired) electrons. The van der Waals surface area contributed by atoms with Gasteiger partial charge in [0.05, 0.1) is 12.6 Å². The monoisotopic (exact) mass is 340 g/mol. The minimum absolute atomic E-state index is 0. The minimum Gasteiger partial charge on any atom is -0.491 e. The molecule has 1 heterocycles. The van der Waals surface area contributed by atoms with Gasteiger partial charge in [0.15, 0.2) is 0 Å². The van der Waals surface area contributed by atoms with E-state index in [4.69, 9.17) is 15.2 Å². The fourth-order valence-corrected chi connectivity index (χ4v) is 3.42. The van der Waals surface area contributed by atoms with Crippen molar-refractivity contribution in [2.45, 2.75) is 38.0 Å². The molecule has 2 N–H and O–H groups in total. The van der Waals surface area contributed by atoms with Gasteiger partial charge in [0.1, 0.15) is 12.4 Å². The summed E-state index contributed by atoms with van der Waals surface area (Å²) in [6.45, 7) is 1.80. The van der Waals surface area contributed by atoms with E-state index in [1.54, 1.807) is 7.11 Å². The van der Waals surface area contributed by atoms with E-state index in [-0.39, 0.29) is 36.4 Å². The van der Waals surface area contributed by atoms with Gasteiger partial charge in [0, 0.05) is 31.2 Å². The number of rotatable bonds is 2. The molecule has 1 aromatic carbocycles. The van der Waals surface area contributed by atoms with Gasteiger partial charge in [-0.25, -0.2) is 0 Å². The number of hydrogen-bond acceptors (Lipinski definition) is 4. The van der Waals surface area contributed by atoms with E-state index in [1.165, 1.54) is 0 Å². The number of carbonyl (C=O) groups excluding carboxylic acids is 1. The molecule has 1 fully saturated rings. The van der Waals surface area contributed by atoms with Crippen molar-refractivity contribution in [1.82, 2.24) is 4.90 Å². The normalized spacial score (nSPS) is 27.2. The third-order valence-corrected chi connectivity index (χ3v) is 4.76. The van der Waals surface area contributed by atoms with E-state index in [0.29, 0.717) is 19.7 Å². The number of para-hydroxylation sites is 1. The summed E-state index contributed by atoms with van der Waals surface area (Å²) in [6.07, 6.45) is 2.39. The summed E-state index contributed by atoms with van der Waals surface area (Å²) < 4.78 is 11.2. The Morgan fingerprint density at radius 1 is 1.35 bits per heavy atom. The number of fused-ring (bicyclic) bond motifs is 1. The predicted molar refractivity (Wildman–Crippen MR) is 90.7 cm³/mol. The number of nitrogens with two attached hydrogens (primary N) is 1. The fraction of sp³-hybridized carbons (Fsp3) is 0.588. The molecule has 2 aliphatic rings. The van der Waals surface area contributed by atoms with Gasteiger partial charge in [-0.3, -0.25) is 4.79 Å². The average molecular weight is 341 g/mol. The summed E-state index contributed by atoms with van der Waals surface area (Å²) in [4.78, 5) is 14.8. The first kappa shape index (κ1) is 18.0. The standard InChI is InChI=1S/C17H24N2O3.ClH/c1-21-16-10-12(6-7-14(16)18)17(20)19-8-9-22-15-5-3-2-4-13(15)11-19;/h2-5,12,14,16H,6-11,18H2,1H3;1H/t12-,14-,16-;/m0./s1. The van der Waals surface area contributed by atoms with Crippen LogP contribution < -0.4 is 10.5 Å². The molecule has 0 bridgehead atoms. The molecule has 1 aliphatic carbocycles. The highest BCUT2D eigenvalue weighted by molar-refractivity contribution is 5.85. The van der Waals surface area contributed by atoms with Crippen molar-refractivity contribution in [1.29, 1.82) is 0 Å². The van der Waals surface area contributed by atoms with Crippen molar-refractivity contribution in [3.05, 3.63) is 29.8 Å². The van der Waals surface area contributed by atoms with Crippen LogP contribution in [0.25, 0.3) is 0 Å². The summed E-state index contributed by atoms with van der Waals surface area (Å²) in [7, 11) is 1.67. The van der Waals surface area contributed by atoms with Crippen LogP contribution in [0.4, 0.5) is 0 Å². The summed E-state index contributed by atoms with van der Waals surface area (Å²) in [6, 6.07) is 7.97. The number of ether oxygens (including phenoxy) is 2. The van der Waals surface area contributed by atoms with Crippen LogP contribution in [0.5, 0.6) is 5.75 Å². The number of hydrogen-bond donors (Lipinski definition) is 1. The van der Waals surface area contributed by atoms with Crippen LogP contribution in [0, 0.1) is 5.92 Å². The lowest BCUT2D eigenvalue weighted by atomic mass is 9.83. The van der Waals surface area contributed by atoms with Gasteiger partial charge >= 0.3 is 0 Å². The van der Waals surface area contributed by atoms with Gasteiger partial charge < -0.3 is 20.1 Å². The van der Waals surface area contributed by atoms with Crippen molar-refractivity contribution in [2.24, 2.45) is 11.7 Å². The van der Waals surface area contributed by atoms with Crippen molar-refractivity contribution >= 4 is 18.3 Å². The molecule has 23 heavy (non-hydrogen) atoms. The molecule has 0 unspecified atom stereocenters. The van der Waals surface area contributed by atoms with Crippen LogP contribution in [0.1, 0.15) is 24.8 Å². The second-order valence-corrected chi connectivity index (χ2v) is 6.16. The van der Waals surface area contributed by atoms with Gasteiger partial charge in [-0.15, -0.1) is 12.4 Å². The highest BCUT2D eigenvalue weighted by Gasteiger charge is 2.34. The Balaban J connectivity index is 0.00000192. The van der Waals surface area contributed by atoms with Gasteiger partial charge in [-0.2, -0.15) is 0 Å². The highest BCUT2D eigenvalue weighted by atomic mass is 35.5. The zero-order valence-corrected chi connectivity index (χ0v) is 14.3. The molecule has 0 saturated heterocycles. The molecule has 1 aliphatic heterocycles. The second kappa shape index (κ2) is 7.99. The van der Waals surface area contributed by atoms with Crippen molar-refractivity contribution in [3.63, 3.8) is 0 Å². The van der Waals surface area contributed by atoms with Crippen LogP contribution in [0.2, 0.25) is 0 Å². The van der Waals surface area contributed by atoms with Crippen LogP contribution >= 0.6 is 12.4 Å². The smallest absolute Gasteiger partial charge is 0.226 e. The molecule has 128 valence electrons. The fourth-order valence-electron chi connectivity index (χ4n) is 3.42. The Labute approximate surface area is 143 Å². The van der Waals surface area contributed by atoms with Crippen LogP contribution in [-0.2, 0) is 16.1 Å². The Morgan fingerprint density at radius 3 is 2.91 bits per heavy atom. The molecule has 3 rings (SSSR count). The van der Waals surface area contributed by atoms with Gasteiger partial charge in [0.25, 0.3) is 0 Å². The minimum atomic E-state index is -0.0155. The van der Waals surface area contributed by atoms with Crippen molar-refractivity contribution in [2.75, 3.05) is 20.3 Å². The molecule has 6 heteroatoms. The zero-order valence-electron chi connectivity index (χ0n) is 13.4. The summed E-state index contributed by atoms with van der Waals surface area (Å²) in [5.74, 6) is 1.10. The number of methoxy groups -OCH3 is 1. The number of amides is 1. The quantitative estimate of drug-likeness (QED) is 0.894. The molecule has 1 aromatic rings. The molecule has 3 atom stereocenters. The Bertz CT molecular complexity index is 540. The molecule has 1 saturated carbocycles. The summed E-state index contributed by atoms with van der Waals surface area (Å²) in [5.41, 5.74) is 7.12. The number of nitrogens with zero attached hydrogens (tertiary/aromatic N) is 1. The van der Waals surface area contributed by atoms with E-state index in [9.17, 15) is 4.79 Å². The van der Waals surface area contributed by atoms with Gasteiger partial charge in [0.2, 0.25) is 5.91 Å². The van der Waals surface area contributed by atoms with Crippen molar-refractivity contribution in [3.8, 4) is 5.75 Å². The van der Waals surface area contributed by atoms with Gasteiger partial charge in [-0.1, -0.05) is 18.2 Å². The second-order valence-electron chi connectivity index (χ2n) is 6.16. The van der Waals surface area contributed by atoms with E-state index in [2.05, 4.69) is 0 Å². The maximum absolute atomic E-state index is 12.9. The third kappa shape index (κ3) is 3.97. The third-order valence-electron chi connectivity index (χ3n) is 4.76. The zero-order chi connectivity index (χ0) is 15.5. The van der Waals surface area contributed by atoms with E-state index >= 15 is 0 Å². The van der Waals surface area contributed by atoms with E-state index < -0.39 is 0 Å². The molecular formula is C17H25ClN2O3. The largest absolute Gasteiger partial charge is 0.491 e. The molecular weight excluding hydrogens is 316 g/mol. The topological polar surface area (TPSA) is 64.8 Å². The first-order valence-electron chi connectivity index (χ1n) is 7.97. The van der Waals surface area contributed by atoms with Gasteiger partial charge in [-0.05, 0) is 25.3 Å². The highest BCUT2D eigenvalue weighted by Crippen LogP contribution is 2.29. The number of carbonyl (C=O) groups is 1. The first-order valence-corrected chi connectivity index (χ1v) is 7.97. The SMILES string of the molecule is CO[C@H]1C[C@@H](C(=O)N2CCOc3ccccc3C2)CC[C@@H]1N.Cl. The Morgan fingerprint density at radius 2 is 2.13 bits per heavy atom. The predicted octanol–water partition coefficient (Wildman–Crippen LogP) is 1.97. The lowest BCUT2D eigenvalue weighted by molar-refractivity contribution is -0.139. The molecule has 1 amide bonds. The van der Waals surface area contributed by atoms with Crippen LogP contribution in [0.15, 0.2) is 24.3 Å². The maximum Gasteiger partial charge on any atom is 0.226 e. The van der Waals surface area contributed by atoms with E-state index in [1.807, 2.05) is 29.2 Å². The van der Waals surface area contributed by atoms with Crippen LogP contribution in [0.3, 0.4) is 0 Å². The molecule has 5 nitrogen and oxygen atoms in total. The lowest BCUT2D eigenvalue weighted by Crippen LogP contribution is -2.46. The van der Waals surface area contributed by atoms with E-state index in [0.717, 1.165) is 30.6 Å². The maximum atomic E-state index is 12.9. The number of halogens is 1.